The molecule has 1 aromatic heterocycles. The molecule has 164 valence electrons. The number of hydrogen-bond acceptors (Lipinski definition) is 8. The summed E-state index contributed by atoms with van der Waals surface area (Å²) in [5, 5.41) is 29.8. The molecule has 0 aliphatic rings. The molecule has 1 atom stereocenters. The van der Waals surface area contributed by atoms with Crippen LogP contribution in [0.15, 0.2) is 24.4 Å². The Morgan fingerprint density at radius 2 is 2.10 bits per heavy atom. The summed E-state index contributed by atoms with van der Waals surface area (Å²) < 4.78 is 4.87. The van der Waals surface area contributed by atoms with Crippen LogP contribution in [-0.2, 0) is 9.53 Å². The standard InChI is InChI=1S/C21H25ClN6O3/c1-3-28(4-2)12-15(29)11-27-21(30)20(25)31-18(23)8-7-16-17-9-14(22)6-5-13(17)10-26-19(16)24/h5-6,9-10,15,23,25,29H,3-4,11-12H2,1-2H3,(H2,24,26)(H,27,30). The number of nitrogens with two attached hydrogens (primary N) is 1. The van der Waals surface area contributed by atoms with Crippen LogP contribution in [0.5, 0.6) is 0 Å². The summed E-state index contributed by atoms with van der Waals surface area (Å²) >= 11 is 6.04. The highest BCUT2D eigenvalue weighted by Gasteiger charge is 2.16. The SMILES string of the molecule is CCN(CC)CC(O)CNC(=O)C(=N)OC(=N)C#Cc1c(N)ncc2ccc(Cl)cc12. The fraction of sp³-hybridized carbons (Fsp3) is 0.333. The largest absolute Gasteiger partial charge is 0.409 e. The van der Waals surface area contributed by atoms with Crippen LogP contribution in [-0.4, -0.2) is 65.0 Å². The van der Waals surface area contributed by atoms with E-state index in [2.05, 4.69) is 22.1 Å². The van der Waals surface area contributed by atoms with Crippen LogP contribution >= 0.6 is 11.6 Å². The minimum absolute atomic E-state index is 0.0426. The third-order valence-electron chi connectivity index (χ3n) is 4.46. The maximum Gasteiger partial charge on any atom is 0.306 e. The minimum Gasteiger partial charge on any atom is -0.409 e. The number of amides is 1. The van der Waals surface area contributed by atoms with Gasteiger partial charge in [0.05, 0.1) is 11.7 Å². The number of anilines is 1. The molecule has 1 amide bonds. The quantitative estimate of drug-likeness (QED) is 0.259. The molecule has 0 aliphatic carbocycles. The molecule has 0 saturated heterocycles. The van der Waals surface area contributed by atoms with Crippen molar-refractivity contribution in [3.05, 3.63) is 35.0 Å². The van der Waals surface area contributed by atoms with Gasteiger partial charge in [-0.1, -0.05) is 37.4 Å². The molecule has 0 spiro atoms. The van der Waals surface area contributed by atoms with Crippen LogP contribution in [0.3, 0.4) is 0 Å². The van der Waals surface area contributed by atoms with E-state index in [-0.39, 0.29) is 12.4 Å². The van der Waals surface area contributed by atoms with Crippen molar-refractivity contribution < 1.29 is 14.6 Å². The topological polar surface area (TPSA) is 148 Å². The van der Waals surface area contributed by atoms with Gasteiger partial charge in [-0.3, -0.25) is 15.6 Å². The molecule has 1 unspecified atom stereocenters. The van der Waals surface area contributed by atoms with Crippen LogP contribution in [0.2, 0.25) is 5.02 Å². The maximum atomic E-state index is 12.0. The number of ether oxygens (including phenoxy) is 1. The zero-order chi connectivity index (χ0) is 23.0. The Hall–Kier alpha value is -3.19. The Labute approximate surface area is 185 Å². The van der Waals surface area contributed by atoms with Gasteiger partial charge in [0.1, 0.15) is 5.82 Å². The highest BCUT2D eigenvalue weighted by atomic mass is 35.5. The first kappa shape index (κ1) is 24.1. The number of nitrogen functional groups attached to an aromatic ring is 1. The number of fused-ring (bicyclic) bond motifs is 1. The van der Waals surface area contributed by atoms with E-state index in [4.69, 9.17) is 32.9 Å². The Morgan fingerprint density at radius 1 is 1.39 bits per heavy atom. The van der Waals surface area contributed by atoms with Gasteiger partial charge in [0, 0.05) is 35.1 Å². The zero-order valence-electron chi connectivity index (χ0n) is 17.3. The lowest BCUT2D eigenvalue weighted by Crippen LogP contribution is -2.42. The molecule has 0 saturated carbocycles. The fourth-order valence-electron chi connectivity index (χ4n) is 2.76. The number of benzene rings is 1. The van der Waals surface area contributed by atoms with Crippen LogP contribution < -0.4 is 11.1 Å². The lowest BCUT2D eigenvalue weighted by atomic mass is 10.1. The number of rotatable bonds is 6. The van der Waals surface area contributed by atoms with Crippen molar-refractivity contribution >= 4 is 45.9 Å². The summed E-state index contributed by atoms with van der Waals surface area (Å²) in [6.45, 7) is 5.85. The first-order valence-corrected chi connectivity index (χ1v) is 10.0. The second kappa shape index (κ2) is 11.3. The number of aromatic nitrogens is 1. The Bertz CT molecular complexity index is 1040. The van der Waals surface area contributed by atoms with Crippen LogP contribution in [0.1, 0.15) is 19.4 Å². The van der Waals surface area contributed by atoms with E-state index in [0.29, 0.717) is 22.5 Å². The Kier molecular flexibility index (Phi) is 8.75. The summed E-state index contributed by atoms with van der Waals surface area (Å²) in [4.78, 5) is 18.0. The lowest BCUT2D eigenvalue weighted by molar-refractivity contribution is -0.116. The molecule has 0 bridgehead atoms. The number of nitrogens with one attached hydrogen (secondary N) is 3. The van der Waals surface area contributed by atoms with Gasteiger partial charge in [-0.25, -0.2) is 4.98 Å². The van der Waals surface area contributed by atoms with Gasteiger partial charge in [-0.2, -0.15) is 0 Å². The van der Waals surface area contributed by atoms with E-state index >= 15 is 0 Å². The molecule has 9 nitrogen and oxygen atoms in total. The van der Waals surface area contributed by atoms with Crippen molar-refractivity contribution in [3.63, 3.8) is 0 Å². The lowest BCUT2D eigenvalue weighted by Gasteiger charge is -2.21. The van der Waals surface area contributed by atoms with Crippen LogP contribution in [0, 0.1) is 22.7 Å². The van der Waals surface area contributed by atoms with E-state index in [9.17, 15) is 9.90 Å². The van der Waals surface area contributed by atoms with E-state index < -0.39 is 23.8 Å². The second-order valence-corrected chi connectivity index (χ2v) is 7.05. The number of aliphatic hydroxyl groups excluding tert-OH is 1. The number of halogens is 1. The van der Waals surface area contributed by atoms with Crippen molar-refractivity contribution in [3.8, 4) is 11.8 Å². The highest BCUT2D eigenvalue weighted by Crippen LogP contribution is 2.24. The van der Waals surface area contributed by atoms with E-state index in [1.165, 1.54) is 0 Å². The Balaban J connectivity index is 1.98. The van der Waals surface area contributed by atoms with Gasteiger partial charge in [-0.05, 0) is 31.1 Å². The number of likely N-dealkylation sites (N-methyl/N-ethyl adjacent to an activating group) is 1. The molecule has 1 heterocycles. The van der Waals surface area contributed by atoms with Gasteiger partial charge in [0.25, 0.3) is 11.8 Å². The summed E-state index contributed by atoms with van der Waals surface area (Å²) in [6, 6.07) is 5.16. The number of nitrogens with zero attached hydrogens (tertiary/aromatic N) is 2. The number of aliphatic hydroxyl groups is 1. The normalized spacial score (nSPS) is 11.5. The predicted molar refractivity (Wildman–Crippen MR) is 121 cm³/mol. The molecule has 6 N–H and O–H groups in total. The van der Waals surface area contributed by atoms with Crippen molar-refractivity contribution in [1.29, 1.82) is 10.8 Å². The molecule has 10 heteroatoms. The van der Waals surface area contributed by atoms with Crippen molar-refractivity contribution in [2.24, 2.45) is 0 Å². The first-order chi connectivity index (χ1) is 14.7. The summed E-state index contributed by atoms with van der Waals surface area (Å²) in [6.07, 6.45) is 0.799. The minimum atomic E-state index is -0.858. The molecule has 31 heavy (non-hydrogen) atoms. The Morgan fingerprint density at radius 3 is 2.77 bits per heavy atom. The number of carbonyl (C=O) groups is 1. The first-order valence-electron chi connectivity index (χ1n) is 9.64. The van der Waals surface area contributed by atoms with Gasteiger partial charge in [0.15, 0.2) is 0 Å². The number of carbonyl (C=O) groups excluding carboxylic acids is 1. The van der Waals surface area contributed by atoms with Crippen molar-refractivity contribution in [1.82, 2.24) is 15.2 Å². The van der Waals surface area contributed by atoms with E-state index in [1.54, 1.807) is 24.4 Å². The van der Waals surface area contributed by atoms with Gasteiger partial charge in [-0.15, -0.1) is 0 Å². The molecule has 1 aromatic carbocycles. The zero-order valence-corrected chi connectivity index (χ0v) is 18.1. The fourth-order valence-corrected chi connectivity index (χ4v) is 2.93. The van der Waals surface area contributed by atoms with Gasteiger partial charge >= 0.3 is 5.91 Å². The monoisotopic (exact) mass is 444 g/mol. The molecule has 0 radical (unpaired) electrons. The molecule has 2 rings (SSSR count). The third-order valence-corrected chi connectivity index (χ3v) is 4.69. The maximum absolute atomic E-state index is 12.0. The van der Waals surface area contributed by atoms with Crippen LogP contribution in [0.25, 0.3) is 10.8 Å². The molecular formula is C21H25ClN6O3. The molecular weight excluding hydrogens is 420 g/mol. The number of hydrogen-bond donors (Lipinski definition) is 5. The van der Waals surface area contributed by atoms with Crippen LogP contribution in [0.4, 0.5) is 5.82 Å². The second-order valence-electron chi connectivity index (χ2n) is 6.61. The average Bonchev–Trinajstić information content (AvgIpc) is 2.74. The van der Waals surface area contributed by atoms with Gasteiger partial charge in [0.2, 0.25) is 0 Å². The van der Waals surface area contributed by atoms with Gasteiger partial charge < -0.3 is 25.8 Å². The van der Waals surface area contributed by atoms with Crippen molar-refractivity contribution in [2.75, 3.05) is 31.9 Å². The third kappa shape index (κ3) is 6.93. The summed E-state index contributed by atoms with van der Waals surface area (Å²) in [7, 11) is 0. The van der Waals surface area contributed by atoms with E-state index in [1.807, 2.05) is 18.7 Å². The van der Waals surface area contributed by atoms with E-state index in [0.717, 1.165) is 18.5 Å². The molecule has 2 aromatic rings. The molecule has 0 fully saturated rings. The summed E-state index contributed by atoms with van der Waals surface area (Å²) in [5.74, 6) is 2.99. The highest BCUT2D eigenvalue weighted by molar-refractivity contribution is 6.36. The number of pyridine rings is 1. The van der Waals surface area contributed by atoms with Crippen molar-refractivity contribution in [2.45, 2.75) is 20.0 Å². The smallest absolute Gasteiger partial charge is 0.306 e. The molecule has 0 aliphatic heterocycles. The average molecular weight is 445 g/mol. The summed E-state index contributed by atoms with van der Waals surface area (Å²) in [5.41, 5.74) is 6.26. The predicted octanol–water partition coefficient (Wildman–Crippen LogP) is 1.61.